The second-order valence-electron chi connectivity index (χ2n) is 6.78. The van der Waals surface area contributed by atoms with Gasteiger partial charge in [0.05, 0.1) is 6.21 Å². The molecule has 0 aromatic heterocycles. The minimum absolute atomic E-state index is 0.0940. The van der Waals surface area contributed by atoms with E-state index in [9.17, 15) is 4.79 Å². The van der Waals surface area contributed by atoms with Gasteiger partial charge in [0.25, 0.3) is 5.91 Å². The highest BCUT2D eigenvalue weighted by Gasteiger charge is 2.03. The molecule has 0 heterocycles. The van der Waals surface area contributed by atoms with Gasteiger partial charge in [0.1, 0.15) is 18.1 Å². The van der Waals surface area contributed by atoms with Crippen LogP contribution in [0.15, 0.2) is 84.0 Å². The predicted molar refractivity (Wildman–Crippen MR) is 119 cm³/mol. The van der Waals surface area contributed by atoms with Crippen LogP contribution in [0.4, 0.5) is 0 Å². The van der Waals surface area contributed by atoms with Crippen molar-refractivity contribution in [1.82, 2.24) is 5.43 Å². The Morgan fingerprint density at radius 3 is 2.37 bits per heavy atom. The first kappa shape index (κ1) is 21.1. The Morgan fingerprint density at radius 2 is 1.60 bits per heavy atom. The van der Waals surface area contributed by atoms with Gasteiger partial charge >= 0.3 is 0 Å². The summed E-state index contributed by atoms with van der Waals surface area (Å²) in [5, 5.41) is 4.05. The van der Waals surface area contributed by atoms with Crippen LogP contribution in [0.3, 0.4) is 0 Å². The number of nitrogens with one attached hydrogen (secondary N) is 1. The number of hydrogen-bond donors (Lipinski definition) is 1. The first-order chi connectivity index (χ1) is 14.7. The quantitative estimate of drug-likeness (QED) is 0.393. The van der Waals surface area contributed by atoms with Crippen LogP contribution in [-0.2, 0) is 17.8 Å². The van der Waals surface area contributed by atoms with E-state index >= 15 is 0 Å². The minimum atomic E-state index is -0.318. The summed E-state index contributed by atoms with van der Waals surface area (Å²) >= 11 is 0. The van der Waals surface area contributed by atoms with Gasteiger partial charge in [-0.15, -0.1) is 0 Å². The smallest absolute Gasteiger partial charge is 0.277 e. The molecular weight excluding hydrogens is 376 g/mol. The zero-order chi connectivity index (χ0) is 21.0. The standard InChI is InChI=1S/C25H26N2O3/c1-2-8-20-13-15-24(16-14-20)30-19-25(28)27-26-17-21-9-6-7-10-22(21)18-29-23-11-4-3-5-12-23/h3-7,9-17H,2,8,18-19H2,1H3,(H,27,28). The number of rotatable bonds is 10. The maximum atomic E-state index is 12.0. The summed E-state index contributed by atoms with van der Waals surface area (Å²) in [4.78, 5) is 12.0. The van der Waals surface area contributed by atoms with Gasteiger partial charge in [-0.2, -0.15) is 5.10 Å². The van der Waals surface area contributed by atoms with E-state index in [0.29, 0.717) is 12.4 Å². The van der Waals surface area contributed by atoms with Gasteiger partial charge in [0.2, 0.25) is 0 Å². The lowest BCUT2D eigenvalue weighted by Gasteiger charge is -2.08. The van der Waals surface area contributed by atoms with Crippen molar-refractivity contribution >= 4 is 12.1 Å². The average molecular weight is 402 g/mol. The Bertz CT molecular complexity index is 954. The highest BCUT2D eigenvalue weighted by Crippen LogP contribution is 2.14. The molecule has 0 saturated heterocycles. The lowest BCUT2D eigenvalue weighted by molar-refractivity contribution is -0.123. The van der Waals surface area contributed by atoms with Crippen molar-refractivity contribution in [3.05, 3.63) is 95.6 Å². The number of para-hydroxylation sites is 1. The summed E-state index contributed by atoms with van der Waals surface area (Å²) in [6.07, 6.45) is 3.75. The summed E-state index contributed by atoms with van der Waals surface area (Å²) in [7, 11) is 0. The topological polar surface area (TPSA) is 59.9 Å². The molecule has 5 nitrogen and oxygen atoms in total. The maximum Gasteiger partial charge on any atom is 0.277 e. The van der Waals surface area contributed by atoms with E-state index in [1.165, 1.54) is 5.56 Å². The molecule has 5 heteroatoms. The molecule has 0 aliphatic heterocycles. The molecule has 0 unspecified atom stereocenters. The third-order valence-electron chi connectivity index (χ3n) is 4.42. The first-order valence-electron chi connectivity index (χ1n) is 10.0. The molecular formula is C25H26N2O3. The van der Waals surface area contributed by atoms with Crippen LogP contribution in [0.25, 0.3) is 0 Å². The molecule has 0 saturated carbocycles. The highest BCUT2D eigenvalue weighted by atomic mass is 16.5. The summed E-state index contributed by atoms with van der Waals surface area (Å²) < 4.78 is 11.3. The van der Waals surface area contributed by atoms with E-state index in [-0.39, 0.29) is 12.5 Å². The first-order valence-corrected chi connectivity index (χ1v) is 10.0. The molecule has 0 bridgehead atoms. The van der Waals surface area contributed by atoms with Gasteiger partial charge in [0, 0.05) is 5.56 Å². The third-order valence-corrected chi connectivity index (χ3v) is 4.42. The van der Waals surface area contributed by atoms with Gasteiger partial charge < -0.3 is 9.47 Å². The Morgan fingerprint density at radius 1 is 0.900 bits per heavy atom. The second-order valence-corrected chi connectivity index (χ2v) is 6.78. The fraction of sp³-hybridized carbons (Fsp3) is 0.200. The van der Waals surface area contributed by atoms with Gasteiger partial charge in [-0.3, -0.25) is 4.79 Å². The summed E-state index contributed by atoms with van der Waals surface area (Å²) in [6.45, 7) is 2.46. The van der Waals surface area contributed by atoms with Gasteiger partial charge in [-0.25, -0.2) is 5.43 Å². The van der Waals surface area contributed by atoms with Crippen molar-refractivity contribution in [3.63, 3.8) is 0 Å². The maximum absolute atomic E-state index is 12.0. The molecule has 3 aromatic rings. The molecule has 0 aliphatic carbocycles. The summed E-state index contributed by atoms with van der Waals surface area (Å²) in [5.41, 5.74) is 5.61. The number of hydrogen-bond acceptors (Lipinski definition) is 4. The van der Waals surface area contributed by atoms with E-state index in [1.807, 2.05) is 78.9 Å². The fourth-order valence-electron chi connectivity index (χ4n) is 2.87. The van der Waals surface area contributed by atoms with Crippen LogP contribution in [0.2, 0.25) is 0 Å². The van der Waals surface area contributed by atoms with Crippen LogP contribution in [-0.4, -0.2) is 18.7 Å². The number of benzene rings is 3. The third kappa shape index (κ3) is 6.78. The molecule has 0 fully saturated rings. The molecule has 30 heavy (non-hydrogen) atoms. The molecule has 1 amide bonds. The molecule has 0 atom stereocenters. The highest BCUT2D eigenvalue weighted by molar-refractivity contribution is 5.84. The zero-order valence-corrected chi connectivity index (χ0v) is 17.1. The Labute approximate surface area is 177 Å². The normalized spacial score (nSPS) is 10.7. The van der Waals surface area contributed by atoms with Crippen molar-refractivity contribution < 1.29 is 14.3 Å². The van der Waals surface area contributed by atoms with Gasteiger partial charge in [-0.05, 0) is 41.8 Å². The van der Waals surface area contributed by atoms with Gasteiger partial charge in [-0.1, -0.05) is 67.9 Å². The van der Waals surface area contributed by atoms with Crippen LogP contribution in [0, 0.1) is 0 Å². The number of carbonyl (C=O) groups excluding carboxylic acids is 1. The van der Waals surface area contributed by atoms with Crippen LogP contribution in [0.1, 0.15) is 30.0 Å². The van der Waals surface area contributed by atoms with E-state index < -0.39 is 0 Å². The van der Waals surface area contributed by atoms with Crippen LogP contribution in [0.5, 0.6) is 11.5 Å². The zero-order valence-electron chi connectivity index (χ0n) is 17.1. The van der Waals surface area contributed by atoms with E-state index in [1.54, 1.807) is 6.21 Å². The van der Waals surface area contributed by atoms with Crippen molar-refractivity contribution in [1.29, 1.82) is 0 Å². The summed E-state index contributed by atoms with van der Waals surface area (Å²) in [6, 6.07) is 25.2. The predicted octanol–water partition coefficient (Wildman–Crippen LogP) is 4.75. The second kappa shape index (κ2) is 11.4. The molecule has 0 radical (unpaired) electrons. The van der Waals surface area contributed by atoms with Crippen molar-refractivity contribution in [2.24, 2.45) is 5.10 Å². The van der Waals surface area contributed by atoms with Crippen LogP contribution >= 0.6 is 0 Å². The van der Waals surface area contributed by atoms with Gasteiger partial charge in [0.15, 0.2) is 6.61 Å². The molecule has 0 aliphatic rings. The molecule has 154 valence electrons. The number of carbonyl (C=O) groups is 1. The van der Waals surface area contributed by atoms with Crippen LogP contribution < -0.4 is 14.9 Å². The molecule has 1 N–H and O–H groups in total. The van der Waals surface area contributed by atoms with Crippen molar-refractivity contribution in [2.75, 3.05) is 6.61 Å². The Balaban J connectivity index is 1.48. The average Bonchev–Trinajstić information content (AvgIpc) is 2.79. The monoisotopic (exact) mass is 402 g/mol. The Hall–Kier alpha value is -3.60. The lowest BCUT2D eigenvalue weighted by Crippen LogP contribution is -2.24. The number of nitrogens with zero attached hydrogens (tertiary/aromatic N) is 1. The largest absolute Gasteiger partial charge is 0.489 e. The number of ether oxygens (including phenoxy) is 2. The SMILES string of the molecule is CCCc1ccc(OCC(=O)NN=Cc2ccccc2COc2ccccc2)cc1. The number of hydrazone groups is 1. The van der Waals surface area contributed by atoms with Crippen molar-refractivity contribution in [3.8, 4) is 11.5 Å². The molecule has 3 aromatic carbocycles. The van der Waals surface area contributed by atoms with E-state index in [2.05, 4.69) is 17.5 Å². The fourth-order valence-corrected chi connectivity index (χ4v) is 2.87. The van der Waals surface area contributed by atoms with Crippen molar-refractivity contribution in [2.45, 2.75) is 26.4 Å². The van der Waals surface area contributed by atoms with E-state index in [4.69, 9.17) is 9.47 Å². The minimum Gasteiger partial charge on any atom is -0.489 e. The number of amides is 1. The Kier molecular flexibility index (Phi) is 8.03. The molecule has 3 rings (SSSR count). The molecule has 0 spiro atoms. The van der Waals surface area contributed by atoms with E-state index in [0.717, 1.165) is 29.7 Å². The summed E-state index contributed by atoms with van der Waals surface area (Å²) in [5.74, 6) is 1.15. The lowest BCUT2D eigenvalue weighted by atomic mass is 10.1. The number of aryl methyl sites for hydroxylation is 1.